The highest BCUT2D eigenvalue weighted by atomic mass is 35.5. The zero-order chi connectivity index (χ0) is 19.3. The molecule has 0 radical (unpaired) electrons. The Kier molecular flexibility index (Phi) is 6.13. The van der Waals surface area contributed by atoms with Crippen molar-refractivity contribution in [2.24, 2.45) is 0 Å². The summed E-state index contributed by atoms with van der Waals surface area (Å²) in [6.45, 7) is 3.45. The Balaban J connectivity index is 1.91. The van der Waals surface area contributed by atoms with Gasteiger partial charge in [0.05, 0.1) is 4.92 Å². The third-order valence-corrected chi connectivity index (χ3v) is 3.74. The molecule has 2 amide bonds. The van der Waals surface area contributed by atoms with E-state index in [2.05, 4.69) is 10.9 Å². The molecule has 2 aromatic rings. The summed E-state index contributed by atoms with van der Waals surface area (Å²) in [5.74, 6) is -0.729. The normalized spacial score (nSPS) is 10.1. The number of ether oxygens (including phenoxy) is 1. The number of nitro benzene ring substituents is 1. The first-order valence-electron chi connectivity index (χ1n) is 7.51. The first-order valence-corrected chi connectivity index (χ1v) is 7.89. The van der Waals surface area contributed by atoms with E-state index in [4.69, 9.17) is 16.3 Å². The van der Waals surface area contributed by atoms with Crippen LogP contribution in [-0.2, 0) is 4.79 Å². The van der Waals surface area contributed by atoms with E-state index in [0.717, 1.165) is 17.2 Å². The van der Waals surface area contributed by atoms with Crippen LogP contribution >= 0.6 is 11.6 Å². The molecule has 0 unspecified atom stereocenters. The monoisotopic (exact) mass is 377 g/mol. The number of benzene rings is 2. The van der Waals surface area contributed by atoms with Crippen LogP contribution in [0, 0.1) is 24.0 Å². The molecule has 0 saturated heterocycles. The van der Waals surface area contributed by atoms with Gasteiger partial charge in [-0.05, 0) is 43.2 Å². The molecule has 0 fully saturated rings. The molecule has 9 heteroatoms. The van der Waals surface area contributed by atoms with Gasteiger partial charge in [-0.2, -0.15) is 0 Å². The molecule has 0 aliphatic rings. The average Bonchev–Trinajstić information content (AvgIpc) is 2.60. The fraction of sp³-hybridized carbons (Fsp3) is 0.176. The Labute approximate surface area is 154 Å². The van der Waals surface area contributed by atoms with Gasteiger partial charge in [-0.1, -0.05) is 23.7 Å². The summed E-state index contributed by atoms with van der Waals surface area (Å²) >= 11 is 5.69. The van der Waals surface area contributed by atoms with E-state index in [1.165, 1.54) is 12.1 Å². The summed E-state index contributed by atoms with van der Waals surface area (Å²) < 4.78 is 5.41. The largest absolute Gasteiger partial charge is 0.483 e. The number of aryl methyl sites for hydroxylation is 2. The van der Waals surface area contributed by atoms with Gasteiger partial charge in [-0.3, -0.25) is 30.6 Å². The van der Waals surface area contributed by atoms with E-state index < -0.39 is 22.4 Å². The molecule has 0 saturated carbocycles. The highest BCUT2D eigenvalue weighted by molar-refractivity contribution is 6.32. The van der Waals surface area contributed by atoms with Crippen molar-refractivity contribution in [1.82, 2.24) is 10.9 Å². The van der Waals surface area contributed by atoms with E-state index >= 15 is 0 Å². The lowest BCUT2D eigenvalue weighted by molar-refractivity contribution is -0.384. The molecule has 26 heavy (non-hydrogen) atoms. The molecule has 2 N–H and O–H groups in total. The Morgan fingerprint density at radius 2 is 1.88 bits per heavy atom. The lowest BCUT2D eigenvalue weighted by Gasteiger charge is -2.11. The minimum absolute atomic E-state index is 0.0168. The van der Waals surface area contributed by atoms with Crippen molar-refractivity contribution in [2.45, 2.75) is 13.8 Å². The van der Waals surface area contributed by atoms with Gasteiger partial charge in [0.2, 0.25) is 0 Å². The summed E-state index contributed by atoms with van der Waals surface area (Å²) in [5.41, 5.74) is 5.79. The van der Waals surface area contributed by atoms with Gasteiger partial charge < -0.3 is 4.74 Å². The number of hydrazine groups is 1. The number of hydrogen-bond donors (Lipinski definition) is 2. The number of halogens is 1. The Morgan fingerprint density at radius 3 is 2.58 bits per heavy atom. The lowest BCUT2D eigenvalue weighted by atomic mass is 10.1. The van der Waals surface area contributed by atoms with Crippen LogP contribution in [-0.4, -0.2) is 23.3 Å². The number of carbonyl (C=O) groups excluding carboxylic acids is 2. The smallest absolute Gasteiger partial charge is 0.288 e. The van der Waals surface area contributed by atoms with Crippen LogP contribution in [0.3, 0.4) is 0 Å². The van der Waals surface area contributed by atoms with Crippen molar-refractivity contribution in [1.29, 1.82) is 0 Å². The average molecular weight is 378 g/mol. The summed E-state index contributed by atoms with van der Waals surface area (Å²) in [6, 6.07) is 9.17. The fourth-order valence-corrected chi connectivity index (χ4v) is 2.22. The number of amides is 2. The van der Waals surface area contributed by atoms with E-state index in [1.54, 1.807) is 6.07 Å². The maximum absolute atomic E-state index is 12.0. The lowest BCUT2D eigenvalue weighted by Crippen LogP contribution is -2.43. The number of nitro groups is 1. The predicted octanol–water partition coefficient (Wildman–Crippen LogP) is 2.71. The second-order valence-electron chi connectivity index (χ2n) is 5.48. The number of nitrogens with one attached hydrogen (secondary N) is 2. The molecule has 0 heterocycles. The van der Waals surface area contributed by atoms with Crippen LogP contribution < -0.4 is 15.6 Å². The van der Waals surface area contributed by atoms with E-state index in [-0.39, 0.29) is 17.2 Å². The van der Waals surface area contributed by atoms with E-state index in [9.17, 15) is 19.7 Å². The molecule has 0 aliphatic carbocycles. The minimum atomic E-state index is -0.718. The van der Waals surface area contributed by atoms with Crippen LogP contribution in [0.4, 0.5) is 5.69 Å². The standard InChI is InChI=1S/C17H16ClN3O5/c1-10-3-4-11(2)15(7-10)26-9-16(22)19-20-17(23)12-5-6-13(18)14(8-12)21(24)25/h3-8H,9H2,1-2H3,(H,19,22)(H,20,23). The summed E-state index contributed by atoms with van der Waals surface area (Å²) in [6.07, 6.45) is 0. The van der Waals surface area contributed by atoms with Crippen LogP contribution in [0.15, 0.2) is 36.4 Å². The zero-order valence-electron chi connectivity index (χ0n) is 14.0. The highest BCUT2D eigenvalue weighted by Gasteiger charge is 2.16. The van der Waals surface area contributed by atoms with Crippen molar-refractivity contribution in [3.63, 3.8) is 0 Å². The highest BCUT2D eigenvalue weighted by Crippen LogP contribution is 2.25. The molecule has 0 bridgehead atoms. The molecular formula is C17H16ClN3O5. The Morgan fingerprint density at radius 1 is 1.15 bits per heavy atom. The second-order valence-corrected chi connectivity index (χ2v) is 5.89. The van der Waals surface area contributed by atoms with Gasteiger partial charge in [-0.25, -0.2) is 0 Å². The van der Waals surface area contributed by atoms with Crippen LogP contribution in [0.5, 0.6) is 5.75 Å². The van der Waals surface area contributed by atoms with Gasteiger partial charge in [0.15, 0.2) is 6.61 Å². The number of hydrogen-bond acceptors (Lipinski definition) is 5. The van der Waals surface area contributed by atoms with Gasteiger partial charge in [0.25, 0.3) is 17.5 Å². The topological polar surface area (TPSA) is 111 Å². The number of rotatable bonds is 5. The molecule has 2 rings (SSSR count). The van der Waals surface area contributed by atoms with Crippen molar-refractivity contribution in [2.75, 3.05) is 6.61 Å². The SMILES string of the molecule is Cc1ccc(C)c(OCC(=O)NNC(=O)c2ccc(Cl)c([N+](=O)[O-])c2)c1. The van der Waals surface area contributed by atoms with Crippen molar-refractivity contribution in [3.05, 3.63) is 68.2 Å². The Bertz CT molecular complexity index is 869. The van der Waals surface area contributed by atoms with Gasteiger partial charge >= 0.3 is 0 Å². The predicted molar refractivity (Wildman–Crippen MR) is 95.1 cm³/mol. The molecule has 0 aliphatic heterocycles. The molecule has 0 atom stereocenters. The summed E-state index contributed by atoms with van der Waals surface area (Å²) in [5, 5.41) is 10.8. The summed E-state index contributed by atoms with van der Waals surface area (Å²) in [4.78, 5) is 33.9. The maximum Gasteiger partial charge on any atom is 0.288 e. The number of carbonyl (C=O) groups is 2. The molecule has 0 aromatic heterocycles. The summed E-state index contributed by atoms with van der Waals surface area (Å²) in [7, 11) is 0. The van der Waals surface area contributed by atoms with E-state index in [0.29, 0.717) is 5.75 Å². The molecular weight excluding hydrogens is 362 g/mol. The van der Waals surface area contributed by atoms with Crippen LogP contribution in [0.1, 0.15) is 21.5 Å². The first-order chi connectivity index (χ1) is 12.3. The van der Waals surface area contributed by atoms with Crippen LogP contribution in [0.2, 0.25) is 5.02 Å². The number of nitrogens with zero attached hydrogens (tertiary/aromatic N) is 1. The minimum Gasteiger partial charge on any atom is -0.483 e. The van der Waals surface area contributed by atoms with Gasteiger partial charge in [0.1, 0.15) is 10.8 Å². The van der Waals surface area contributed by atoms with Crippen LogP contribution in [0.25, 0.3) is 0 Å². The van der Waals surface area contributed by atoms with Gasteiger partial charge in [0, 0.05) is 11.6 Å². The molecule has 2 aromatic carbocycles. The van der Waals surface area contributed by atoms with Crippen molar-refractivity contribution < 1.29 is 19.2 Å². The maximum atomic E-state index is 12.0. The second kappa shape index (κ2) is 8.30. The molecule has 0 spiro atoms. The molecule has 8 nitrogen and oxygen atoms in total. The third kappa shape index (κ3) is 4.93. The quantitative estimate of drug-likeness (QED) is 0.614. The molecule has 136 valence electrons. The first kappa shape index (κ1) is 19.2. The van der Waals surface area contributed by atoms with Crippen molar-refractivity contribution in [3.8, 4) is 5.75 Å². The van der Waals surface area contributed by atoms with Crippen molar-refractivity contribution >= 4 is 29.1 Å². The Hall–Kier alpha value is -3.13. The van der Waals surface area contributed by atoms with Gasteiger partial charge in [-0.15, -0.1) is 0 Å². The third-order valence-electron chi connectivity index (χ3n) is 3.42. The zero-order valence-corrected chi connectivity index (χ0v) is 14.8. The van der Waals surface area contributed by atoms with E-state index in [1.807, 2.05) is 26.0 Å². The fourth-order valence-electron chi connectivity index (χ4n) is 2.03.